The van der Waals surface area contributed by atoms with Crippen LogP contribution in [0, 0.1) is 0 Å². The summed E-state index contributed by atoms with van der Waals surface area (Å²) in [6, 6.07) is 16.7. The van der Waals surface area contributed by atoms with Gasteiger partial charge in [0.05, 0.1) is 12.1 Å². The standard InChI is InChI=1S/C25H28ClN3O2/c1-3-4-10-21-16-28(24(17(2)30)19-8-6-5-7-9-19)25(31)23-15-22(27-29(21)23)18-11-13-20(26)14-12-18/h5-9,11-15,21-22,24,27H,3-4,10,16H2,1-2H3. The first kappa shape index (κ1) is 21.6. The van der Waals surface area contributed by atoms with Gasteiger partial charge in [0.2, 0.25) is 0 Å². The molecular weight excluding hydrogens is 410 g/mol. The number of ketones is 1. The highest BCUT2D eigenvalue weighted by Gasteiger charge is 2.44. The van der Waals surface area contributed by atoms with Crippen LogP contribution in [0.25, 0.3) is 0 Å². The summed E-state index contributed by atoms with van der Waals surface area (Å²) in [6.07, 6.45) is 5.04. The zero-order valence-electron chi connectivity index (χ0n) is 17.9. The van der Waals surface area contributed by atoms with E-state index in [1.807, 2.05) is 65.7 Å². The van der Waals surface area contributed by atoms with E-state index >= 15 is 0 Å². The summed E-state index contributed by atoms with van der Waals surface area (Å²) >= 11 is 6.05. The number of carbonyl (C=O) groups is 2. The molecule has 2 aromatic rings. The van der Waals surface area contributed by atoms with E-state index in [2.05, 4.69) is 12.3 Å². The number of nitrogens with one attached hydrogen (secondary N) is 1. The van der Waals surface area contributed by atoms with Gasteiger partial charge in [-0.1, -0.05) is 73.8 Å². The average molecular weight is 438 g/mol. The second kappa shape index (κ2) is 9.25. The van der Waals surface area contributed by atoms with Crippen LogP contribution in [0.4, 0.5) is 0 Å². The maximum atomic E-state index is 13.6. The number of fused-ring (bicyclic) bond motifs is 1. The number of Topliss-reactive ketones (excluding diaryl/α,β-unsaturated/α-hetero) is 1. The molecule has 3 unspecified atom stereocenters. The highest BCUT2D eigenvalue weighted by Crippen LogP contribution is 2.36. The van der Waals surface area contributed by atoms with Crippen molar-refractivity contribution in [2.45, 2.75) is 51.2 Å². The van der Waals surface area contributed by atoms with Crippen molar-refractivity contribution >= 4 is 23.3 Å². The molecule has 0 saturated carbocycles. The van der Waals surface area contributed by atoms with Crippen molar-refractivity contribution in [3.8, 4) is 0 Å². The first-order chi connectivity index (χ1) is 15.0. The fourth-order valence-corrected chi connectivity index (χ4v) is 4.63. The predicted octanol–water partition coefficient (Wildman–Crippen LogP) is 4.82. The number of hydrazine groups is 1. The summed E-state index contributed by atoms with van der Waals surface area (Å²) in [6.45, 7) is 4.24. The molecule has 2 aromatic carbocycles. The molecule has 1 saturated heterocycles. The number of carbonyl (C=O) groups excluding carboxylic acids is 2. The normalized spacial score (nSPS) is 21.6. The lowest BCUT2D eigenvalue weighted by atomic mass is 9.97. The minimum Gasteiger partial charge on any atom is -0.321 e. The van der Waals surface area contributed by atoms with Crippen LogP contribution in [0.15, 0.2) is 66.4 Å². The lowest BCUT2D eigenvalue weighted by molar-refractivity contribution is -0.142. The van der Waals surface area contributed by atoms with Gasteiger partial charge in [-0.2, -0.15) is 0 Å². The van der Waals surface area contributed by atoms with Gasteiger partial charge in [0.15, 0.2) is 5.78 Å². The average Bonchev–Trinajstić information content (AvgIpc) is 3.22. The highest BCUT2D eigenvalue weighted by atomic mass is 35.5. The molecule has 2 heterocycles. The van der Waals surface area contributed by atoms with Crippen molar-refractivity contribution in [1.82, 2.24) is 15.3 Å². The first-order valence-electron chi connectivity index (χ1n) is 10.9. The molecule has 1 N–H and O–H groups in total. The Bertz CT molecular complexity index is 974. The molecule has 31 heavy (non-hydrogen) atoms. The van der Waals surface area contributed by atoms with Gasteiger partial charge in [-0.15, -0.1) is 0 Å². The van der Waals surface area contributed by atoms with Crippen molar-refractivity contribution < 1.29 is 9.59 Å². The Labute approximate surface area is 188 Å². The van der Waals surface area contributed by atoms with Gasteiger partial charge in [-0.25, -0.2) is 5.43 Å². The number of unbranched alkanes of at least 4 members (excludes halogenated alkanes) is 1. The summed E-state index contributed by atoms with van der Waals surface area (Å²) in [5.41, 5.74) is 6.03. The maximum absolute atomic E-state index is 13.6. The van der Waals surface area contributed by atoms with E-state index in [9.17, 15) is 9.59 Å². The van der Waals surface area contributed by atoms with Crippen LogP contribution in [0.3, 0.4) is 0 Å². The maximum Gasteiger partial charge on any atom is 0.272 e. The quantitative estimate of drug-likeness (QED) is 0.674. The summed E-state index contributed by atoms with van der Waals surface area (Å²) in [4.78, 5) is 28.0. The van der Waals surface area contributed by atoms with Crippen LogP contribution < -0.4 is 5.43 Å². The molecule has 162 valence electrons. The lowest BCUT2D eigenvalue weighted by Crippen LogP contribution is -2.58. The van der Waals surface area contributed by atoms with Crippen molar-refractivity contribution in [3.05, 3.63) is 82.5 Å². The van der Waals surface area contributed by atoms with Crippen LogP contribution in [0.2, 0.25) is 5.02 Å². The zero-order chi connectivity index (χ0) is 22.0. The van der Waals surface area contributed by atoms with Crippen molar-refractivity contribution in [2.75, 3.05) is 6.54 Å². The fraction of sp³-hybridized carbons (Fsp3) is 0.360. The summed E-state index contributed by atoms with van der Waals surface area (Å²) in [5, 5.41) is 2.71. The first-order valence-corrected chi connectivity index (χ1v) is 11.3. The second-order valence-corrected chi connectivity index (χ2v) is 8.69. The van der Waals surface area contributed by atoms with Crippen LogP contribution in [0.5, 0.6) is 0 Å². The Morgan fingerprint density at radius 2 is 1.87 bits per heavy atom. The van der Waals surface area contributed by atoms with Gasteiger partial charge in [-0.3, -0.25) is 14.6 Å². The number of rotatable bonds is 7. The largest absolute Gasteiger partial charge is 0.321 e. The SMILES string of the molecule is CCCCC1CN(C(C(C)=O)c2ccccc2)C(=O)C2=CC(c3ccc(Cl)cc3)NN21. The third-order valence-corrected chi connectivity index (χ3v) is 6.30. The minimum atomic E-state index is -0.574. The van der Waals surface area contributed by atoms with E-state index in [4.69, 9.17) is 11.6 Å². The number of nitrogens with zero attached hydrogens (tertiary/aromatic N) is 2. The van der Waals surface area contributed by atoms with Gasteiger partial charge >= 0.3 is 0 Å². The molecule has 0 bridgehead atoms. The van der Waals surface area contributed by atoms with Crippen LogP contribution in [0.1, 0.15) is 56.3 Å². The van der Waals surface area contributed by atoms with E-state index in [0.29, 0.717) is 17.3 Å². The van der Waals surface area contributed by atoms with Crippen molar-refractivity contribution in [3.63, 3.8) is 0 Å². The van der Waals surface area contributed by atoms with Crippen molar-refractivity contribution in [1.29, 1.82) is 0 Å². The molecule has 4 rings (SSSR count). The topological polar surface area (TPSA) is 52.7 Å². The molecule has 1 fully saturated rings. The van der Waals surface area contributed by atoms with Crippen molar-refractivity contribution in [2.24, 2.45) is 0 Å². The molecule has 5 nitrogen and oxygen atoms in total. The summed E-state index contributed by atoms with van der Waals surface area (Å²) in [5.74, 6) is -0.135. The lowest BCUT2D eigenvalue weighted by Gasteiger charge is -2.44. The number of piperazine rings is 1. The number of amides is 1. The number of halogens is 1. The fourth-order valence-electron chi connectivity index (χ4n) is 4.50. The highest BCUT2D eigenvalue weighted by molar-refractivity contribution is 6.30. The van der Waals surface area contributed by atoms with Gasteiger partial charge in [-0.05, 0) is 42.7 Å². The van der Waals surface area contributed by atoms with Gasteiger partial charge < -0.3 is 4.90 Å². The molecule has 3 atom stereocenters. The van der Waals surface area contributed by atoms with E-state index in [1.165, 1.54) is 0 Å². The van der Waals surface area contributed by atoms with E-state index < -0.39 is 6.04 Å². The number of hydrogen-bond acceptors (Lipinski definition) is 4. The van der Waals surface area contributed by atoms with Crippen LogP contribution in [-0.2, 0) is 9.59 Å². The number of hydrogen-bond donors (Lipinski definition) is 1. The molecule has 1 amide bonds. The Morgan fingerprint density at radius 1 is 1.16 bits per heavy atom. The molecule has 6 heteroatoms. The molecular formula is C25H28ClN3O2. The van der Waals surface area contributed by atoms with E-state index in [1.54, 1.807) is 11.8 Å². The molecule has 2 aliphatic heterocycles. The predicted molar refractivity (Wildman–Crippen MR) is 122 cm³/mol. The molecule has 2 aliphatic rings. The smallest absolute Gasteiger partial charge is 0.272 e. The molecule has 0 spiro atoms. The van der Waals surface area contributed by atoms with Gasteiger partial charge in [0.1, 0.15) is 11.7 Å². The molecule has 0 radical (unpaired) electrons. The Morgan fingerprint density at radius 3 is 2.52 bits per heavy atom. The van der Waals surface area contributed by atoms with Crippen LogP contribution >= 0.6 is 11.6 Å². The van der Waals surface area contributed by atoms with Crippen LogP contribution in [-0.4, -0.2) is 34.2 Å². The third kappa shape index (κ3) is 4.39. The van der Waals surface area contributed by atoms with E-state index in [-0.39, 0.29) is 23.8 Å². The molecule has 0 aliphatic carbocycles. The summed E-state index contributed by atoms with van der Waals surface area (Å²) < 4.78 is 0. The third-order valence-electron chi connectivity index (χ3n) is 6.05. The second-order valence-electron chi connectivity index (χ2n) is 8.26. The Balaban J connectivity index is 1.69. The van der Waals surface area contributed by atoms with E-state index in [0.717, 1.165) is 30.4 Å². The summed E-state index contributed by atoms with van der Waals surface area (Å²) in [7, 11) is 0. The Hall–Kier alpha value is -2.63. The number of benzene rings is 2. The van der Waals surface area contributed by atoms with Gasteiger partial charge in [0.25, 0.3) is 5.91 Å². The van der Waals surface area contributed by atoms with Gasteiger partial charge in [0, 0.05) is 11.6 Å². The zero-order valence-corrected chi connectivity index (χ0v) is 18.7. The monoisotopic (exact) mass is 437 g/mol. The molecule has 0 aromatic heterocycles. The Kier molecular flexibility index (Phi) is 6.44. The minimum absolute atomic E-state index is 0.0250.